The maximum Gasteiger partial charge on any atom is 0.118 e. The standard InChI is InChI=1S/C16H22N2O2/c1-12-8-15(18(2)17-12)10-14(11-19)9-13-4-6-16(20-3)7-5-13/h4-8,14,19H,9-11H2,1-3H3. The van der Waals surface area contributed by atoms with E-state index in [2.05, 4.69) is 23.3 Å². The van der Waals surface area contributed by atoms with Crippen LogP contribution in [0, 0.1) is 12.8 Å². The van der Waals surface area contributed by atoms with Crippen LogP contribution in [0.3, 0.4) is 0 Å². The second-order valence-corrected chi connectivity index (χ2v) is 5.21. The van der Waals surface area contributed by atoms with Gasteiger partial charge in [-0.1, -0.05) is 12.1 Å². The Morgan fingerprint density at radius 2 is 1.95 bits per heavy atom. The third-order valence-corrected chi connectivity index (χ3v) is 3.54. The second kappa shape index (κ2) is 6.57. The van der Waals surface area contributed by atoms with E-state index in [1.165, 1.54) is 5.56 Å². The molecule has 0 radical (unpaired) electrons. The average Bonchev–Trinajstić information content (AvgIpc) is 2.77. The first-order valence-electron chi connectivity index (χ1n) is 6.85. The fraction of sp³-hybridized carbons (Fsp3) is 0.438. The summed E-state index contributed by atoms with van der Waals surface area (Å²) in [6.07, 6.45) is 1.69. The third kappa shape index (κ3) is 3.61. The number of aryl methyl sites for hydroxylation is 2. The fourth-order valence-electron chi connectivity index (χ4n) is 2.45. The zero-order valence-electron chi connectivity index (χ0n) is 12.3. The first kappa shape index (κ1) is 14.6. The van der Waals surface area contributed by atoms with E-state index in [4.69, 9.17) is 4.74 Å². The van der Waals surface area contributed by atoms with E-state index in [1.54, 1.807) is 7.11 Å². The van der Waals surface area contributed by atoms with Gasteiger partial charge in [-0.3, -0.25) is 4.68 Å². The van der Waals surface area contributed by atoms with Crippen molar-refractivity contribution < 1.29 is 9.84 Å². The lowest BCUT2D eigenvalue weighted by Gasteiger charge is -2.14. The molecule has 0 saturated carbocycles. The molecular weight excluding hydrogens is 252 g/mol. The maximum atomic E-state index is 9.59. The van der Waals surface area contributed by atoms with Gasteiger partial charge in [0, 0.05) is 19.3 Å². The van der Waals surface area contributed by atoms with E-state index in [-0.39, 0.29) is 12.5 Å². The molecule has 4 nitrogen and oxygen atoms in total. The number of nitrogens with zero attached hydrogens (tertiary/aromatic N) is 2. The summed E-state index contributed by atoms with van der Waals surface area (Å²) >= 11 is 0. The van der Waals surface area contributed by atoms with Gasteiger partial charge in [0.2, 0.25) is 0 Å². The fourth-order valence-corrected chi connectivity index (χ4v) is 2.45. The molecule has 1 aromatic heterocycles. The Bertz CT molecular complexity index is 546. The molecule has 0 amide bonds. The van der Waals surface area contributed by atoms with Gasteiger partial charge in [0.1, 0.15) is 5.75 Å². The van der Waals surface area contributed by atoms with Crippen LogP contribution in [0.2, 0.25) is 0 Å². The van der Waals surface area contributed by atoms with Gasteiger partial charge in [0.15, 0.2) is 0 Å². The summed E-state index contributed by atoms with van der Waals surface area (Å²) in [5.74, 6) is 1.06. The number of rotatable bonds is 6. The highest BCUT2D eigenvalue weighted by molar-refractivity contribution is 5.27. The molecule has 1 N–H and O–H groups in total. The second-order valence-electron chi connectivity index (χ2n) is 5.21. The van der Waals surface area contributed by atoms with Crippen molar-refractivity contribution in [2.45, 2.75) is 19.8 Å². The van der Waals surface area contributed by atoms with Gasteiger partial charge in [0.25, 0.3) is 0 Å². The molecule has 0 bridgehead atoms. The molecule has 0 aliphatic carbocycles. The molecule has 4 heteroatoms. The van der Waals surface area contributed by atoms with Gasteiger partial charge in [-0.2, -0.15) is 5.10 Å². The molecule has 0 fully saturated rings. The predicted molar refractivity (Wildman–Crippen MR) is 78.9 cm³/mol. The van der Waals surface area contributed by atoms with Gasteiger partial charge < -0.3 is 9.84 Å². The monoisotopic (exact) mass is 274 g/mol. The van der Waals surface area contributed by atoms with Crippen molar-refractivity contribution >= 4 is 0 Å². The molecule has 2 aromatic rings. The largest absolute Gasteiger partial charge is 0.497 e. The molecular formula is C16H22N2O2. The smallest absolute Gasteiger partial charge is 0.118 e. The number of methoxy groups -OCH3 is 1. The first-order valence-corrected chi connectivity index (χ1v) is 6.85. The van der Waals surface area contributed by atoms with E-state index in [1.807, 2.05) is 30.8 Å². The molecule has 1 aromatic carbocycles. The first-order chi connectivity index (χ1) is 9.62. The average molecular weight is 274 g/mol. The van der Waals surface area contributed by atoms with Crippen molar-refractivity contribution in [1.29, 1.82) is 0 Å². The predicted octanol–water partition coefficient (Wildman–Crippen LogP) is 2.13. The molecule has 1 unspecified atom stereocenters. The zero-order valence-corrected chi connectivity index (χ0v) is 12.3. The summed E-state index contributed by atoms with van der Waals surface area (Å²) < 4.78 is 7.05. The van der Waals surface area contributed by atoms with E-state index < -0.39 is 0 Å². The van der Waals surface area contributed by atoms with Crippen molar-refractivity contribution in [2.75, 3.05) is 13.7 Å². The lowest BCUT2D eigenvalue weighted by Crippen LogP contribution is -2.15. The van der Waals surface area contributed by atoms with E-state index in [0.29, 0.717) is 0 Å². The van der Waals surface area contributed by atoms with Crippen LogP contribution >= 0.6 is 0 Å². The number of aliphatic hydroxyl groups excluding tert-OH is 1. The van der Waals surface area contributed by atoms with E-state index >= 15 is 0 Å². The van der Waals surface area contributed by atoms with Crippen LogP contribution in [0.5, 0.6) is 5.75 Å². The minimum absolute atomic E-state index is 0.177. The van der Waals surface area contributed by atoms with Crippen LogP contribution < -0.4 is 4.74 Å². The highest BCUT2D eigenvalue weighted by Crippen LogP contribution is 2.17. The Morgan fingerprint density at radius 3 is 2.45 bits per heavy atom. The summed E-state index contributed by atoms with van der Waals surface area (Å²) in [5.41, 5.74) is 3.39. The van der Waals surface area contributed by atoms with Gasteiger partial charge in [-0.15, -0.1) is 0 Å². The molecule has 1 heterocycles. The van der Waals surface area contributed by atoms with Crippen LogP contribution in [0.15, 0.2) is 30.3 Å². The number of aromatic nitrogens is 2. The van der Waals surface area contributed by atoms with Crippen molar-refractivity contribution in [2.24, 2.45) is 13.0 Å². The van der Waals surface area contributed by atoms with Crippen LogP contribution in [-0.4, -0.2) is 28.6 Å². The zero-order chi connectivity index (χ0) is 14.5. The van der Waals surface area contributed by atoms with E-state index in [0.717, 1.165) is 30.0 Å². The summed E-state index contributed by atoms with van der Waals surface area (Å²) in [5, 5.41) is 13.9. The summed E-state index contributed by atoms with van der Waals surface area (Å²) in [4.78, 5) is 0. The van der Waals surface area contributed by atoms with Gasteiger partial charge in [0.05, 0.1) is 12.8 Å². The molecule has 0 saturated heterocycles. The topological polar surface area (TPSA) is 47.3 Å². The van der Waals surface area contributed by atoms with Gasteiger partial charge >= 0.3 is 0 Å². The van der Waals surface area contributed by atoms with Crippen molar-refractivity contribution in [3.8, 4) is 5.75 Å². The normalized spacial score (nSPS) is 12.4. The van der Waals surface area contributed by atoms with Crippen molar-refractivity contribution in [1.82, 2.24) is 9.78 Å². The maximum absolute atomic E-state index is 9.59. The quantitative estimate of drug-likeness (QED) is 0.878. The van der Waals surface area contributed by atoms with Crippen LogP contribution in [0.1, 0.15) is 17.0 Å². The number of benzene rings is 1. The minimum atomic E-state index is 0.177. The Balaban J connectivity index is 2.02. The Kier molecular flexibility index (Phi) is 4.79. The van der Waals surface area contributed by atoms with Gasteiger partial charge in [-0.25, -0.2) is 0 Å². The lowest BCUT2D eigenvalue weighted by molar-refractivity contribution is 0.223. The Morgan fingerprint density at radius 1 is 1.25 bits per heavy atom. The third-order valence-electron chi connectivity index (χ3n) is 3.54. The molecule has 2 rings (SSSR count). The number of ether oxygens (including phenoxy) is 1. The molecule has 1 atom stereocenters. The molecule has 108 valence electrons. The highest BCUT2D eigenvalue weighted by Gasteiger charge is 2.13. The molecule has 20 heavy (non-hydrogen) atoms. The van der Waals surface area contributed by atoms with Gasteiger partial charge in [-0.05, 0) is 49.4 Å². The molecule has 0 spiro atoms. The Hall–Kier alpha value is -1.81. The van der Waals surface area contributed by atoms with Crippen LogP contribution in [0.25, 0.3) is 0 Å². The summed E-state index contributed by atoms with van der Waals surface area (Å²) in [6, 6.07) is 10.1. The molecule has 0 aliphatic heterocycles. The summed E-state index contributed by atoms with van der Waals surface area (Å²) in [6.45, 7) is 2.16. The SMILES string of the molecule is COc1ccc(CC(CO)Cc2cc(C)nn2C)cc1. The minimum Gasteiger partial charge on any atom is -0.497 e. The summed E-state index contributed by atoms with van der Waals surface area (Å²) in [7, 11) is 3.61. The Labute approximate surface area is 120 Å². The van der Waals surface area contributed by atoms with Crippen molar-refractivity contribution in [3.05, 3.63) is 47.3 Å². The van der Waals surface area contributed by atoms with Crippen LogP contribution in [0.4, 0.5) is 0 Å². The molecule has 0 aliphatic rings. The van der Waals surface area contributed by atoms with Crippen LogP contribution in [-0.2, 0) is 19.9 Å². The lowest BCUT2D eigenvalue weighted by atomic mass is 9.95. The highest BCUT2D eigenvalue weighted by atomic mass is 16.5. The number of hydrogen-bond acceptors (Lipinski definition) is 3. The van der Waals surface area contributed by atoms with Crippen molar-refractivity contribution in [3.63, 3.8) is 0 Å². The number of hydrogen-bond donors (Lipinski definition) is 1. The number of aliphatic hydroxyl groups is 1. The van der Waals surface area contributed by atoms with E-state index in [9.17, 15) is 5.11 Å².